The summed E-state index contributed by atoms with van der Waals surface area (Å²) in [6.07, 6.45) is 6.15. The first-order chi connectivity index (χ1) is 9.29. The summed E-state index contributed by atoms with van der Waals surface area (Å²) in [5, 5.41) is 3.27. The lowest BCUT2D eigenvalue weighted by atomic mass is 10.1. The molecule has 2 aromatic rings. The minimum atomic E-state index is 0.745. The lowest BCUT2D eigenvalue weighted by molar-refractivity contribution is 0.646. The van der Waals surface area contributed by atoms with Gasteiger partial charge >= 0.3 is 0 Å². The Bertz CT molecular complexity index is 514. The Hall–Kier alpha value is -2.03. The van der Waals surface area contributed by atoms with Gasteiger partial charge in [0.1, 0.15) is 0 Å². The van der Waals surface area contributed by atoms with E-state index in [9.17, 15) is 0 Å². The van der Waals surface area contributed by atoms with Gasteiger partial charge in [-0.15, -0.1) is 6.58 Å². The highest BCUT2D eigenvalue weighted by molar-refractivity contribution is 5.29. The summed E-state index contributed by atoms with van der Waals surface area (Å²) in [7, 11) is 0. The van der Waals surface area contributed by atoms with Crippen LogP contribution in [0.15, 0.2) is 49.2 Å². The predicted octanol–water partition coefficient (Wildman–Crippen LogP) is 3.42. The van der Waals surface area contributed by atoms with Crippen LogP contribution in [0.3, 0.4) is 0 Å². The minimum absolute atomic E-state index is 0.745. The Morgan fingerprint density at radius 3 is 2.84 bits per heavy atom. The molecule has 1 aromatic carbocycles. The van der Waals surface area contributed by atoms with Crippen LogP contribution in [-0.2, 0) is 13.0 Å². The average molecular weight is 255 g/mol. The van der Waals surface area contributed by atoms with E-state index in [1.165, 1.54) is 5.56 Å². The summed E-state index contributed by atoms with van der Waals surface area (Å²) >= 11 is 0. The SMILES string of the molecule is C=CCNc1nc(C)cn1CCCc1ccccc1. The molecule has 0 atom stereocenters. The molecule has 0 saturated heterocycles. The van der Waals surface area contributed by atoms with Crippen molar-refractivity contribution in [3.63, 3.8) is 0 Å². The summed E-state index contributed by atoms with van der Waals surface area (Å²) in [6, 6.07) is 10.6. The van der Waals surface area contributed by atoms with E-state index in [1.807, 2.05) is 13.0 Å². The maximum Gasteiger partial charge on any atom is 0.203 e. The molecule has 0 unspecified atom stereocenters. The van der Waals surface area contributed by atoms with Crippen molar-refractivity contribution in [2.24, 2.45) is 0 Å². The standard InChI is InChI=1S/C16H21N3/c1-3-11-17-16-18-14(2)13-19(16)12-7-10-15-8-5-4-6-9-15/h3-6,8-9,13H,1,7,10-12H2,2H3,(H,17,18). The van der Waals surface area contributed by atoms with Gasteiger partial charge in [0.25, 0.3) is 0 Å². The number of hydrogen-bond donors (Lipinski definition) is 1. The van der Waals surface area contributed by atoms with Crippen molar-refractivity contribution in [1.82, 2.24) is 9.55 Å². The first-order valence-corrected chi connectivity index (χ1v) is 6.72. The zero-order chi connectivity index (χ0) is 13.5. The first kappa shape index (κ1) is 13.4. The molecule has 3 heteroatoms. The zero-order valence-electron chi connectivity index (χ0n) is 11.5. The van der Waals surface area contributed by atoms with E-state index in [1.54, 1.807) is 0 Å². The molecule has 1 heterocycles. The van der Waals surface area contributed by atoms with Crippen molar-refractivity contribution in [3.8, 4) is 0 Å². The van der Waals surface area contributed by atoms with Gasteiger partial charge in [0, 0.05) is 19.3 Å². The molecule has 0 aliphatic heterocycles. The van der Waals surface area contributed by atoms with Crippen LogP contribution >= 0.6 is 0 Å². The Balaban J connectivity index is 1.90. The van der Waals surface area contributed by atoms with Crippen LogP contribution in [0.2, 0.25) is 0 Å². The van der Waals surface area contributed by atoms with Crippen LogP contribution in [-0.4, -0.2) is 16.1 Å². The maximum absolute atomic E-state index is 4.48. The third-order valence-electron chi connectivity index (χ3n) is 3.01. The number of nitrogens with one attached hydrogen (secondary N) is 1. The molecule has 100 valence electrons. The normalized spacial score (nSPS) is 10.4. The fourth-order valence-electron chi connectivity index (χ4n) is 2.12. The van der Waals surface area contributed by atoms with Crippen molar-refractivity contribution in [2.45, 2.75) is 26.3 Å². The van der Waals surface area contributed by atoms with Gasteiger partial charge in [0.2, 0.25) is 5.95 Å². The molecular formula is C16H21N3. The van der Waals surface area contributed by atoms with Crippen molar-refractivity contribution >= 4 is 5.95 Å². The third-order valence-corrected chi connectivity index (χ3v) is 3.01. The highest BCUT2D eigenvalue weighted by Crippen LogP contribution is 2.11. The number of benzene rings is 1. The zero-order valence-corrected chi connectivity index (χ0v) is 11.5. The van der Waals surface area contributed by atoms with E-state index in [2.05, 4.69) is 58.0 Å². The summed E-state index contributed by atoms with van der Waals surface area (Å²) in [4.78, 5) is 4.48. The second-order valence-electron chi connectivity index (χ2n) is 4.66. The molecule has 2 rings (SSSR count). The van der Waals surface area contributed by atoms with E-state index < -0.39 is 0 Å². The number of imidazole rings is 1. The topological polar surface area (TPSA) is 29.9 Å². The van der Waals surface area contributed by atoms with Gasteiger partial charge in [-0.3, -0.25) is 0 Å². The number of nitrogens with zero attached hydrogens (tertiary/aromatic N) is 2. The highest BCUT2D eigenvalue weighted by Gasteiger charge is 2.04. The van der Waals surface area contributed by atoms with Gasteiger partial charge in [0.15, 0.2) is 0 Å². The fourth-order valence-corrected chi connectivity index (χ4v) is 2.12. The van der Waals surface area contributed by atoms with Gasteiger partial charge in [-0.25, -0.2) is 4.98 Å². The molecule has 1 aromatic heterocycles. The second-order valence-corrected chi connectivity index (χ2v) is 4.66. The highest BCUT2D eigenvalue weighted by atomic mass is 15.2. The molecule has 0 fully saturated rings. The lowest BCUT2D eigenvalue weighted by Crippen LogP contribution is -2.07. The van der Waals surface area contributed by atoms with Crippen molar-refractivity contribution in [1.29, 1.82) is 0 Å². The first-order valence-electron chi connectivity index (χ1n) is 6.72. The van der Waals surface area contributed by atoms with Crippen molar-refractivity contribution in [3.05, 3.63) is 60.4 Å². The van der Waals surface area contributed by atoms with Crippen LogP contribution < -0.4 is 5.32 Å². The number of anilines is 1. The summed E-state index contributed by atoms with van der Waals surface area (Å²) in [6.45, 7) is 7.46. The number of hydrogen-bond acceptors (Lipinski definition) is 2. The molecule has 0 radical (unpaired) electrons. The Kier molecular flexibility index (Phi) is 4.78. The Morgan fingerprint density at radius 2 is 2.11 bits per heavy atom. The van der Waals surface area contributed by atoms with Crippen LogP contribution in [0.5, 0.6) is 0 Å². The molecule has 0 aliphatic rings. The summed E-state index contributed by atoms with van der Waals surface area (Å²) < 4.78 is 2.18. The second kappa shape index (κ2) is 6.78. The van der Waals surface area contributed by atoms with Gasteiger partial charge in [-0.2, -0.15) is 0 Å². The average Bonchev–Trinajstić information content (AvgIpc) is 2.78. The van der Waals surface area contributed by atoms with Crippen LogP contribution in [0, 0.1) is 6.92 Å². The smallest absolute Gasteiger partial charge is 0.203 e. The molecule has 0 saturated carbocycles. The van der Waals surface area contributed by atoms with Crippen LogP contribution in [0.25, 0.3) is 0 Å². The molecule has 0 bridgehead atoms. The quantitative estimate of drug-likeness (QED) is 0.768. The largest absolute Gasteiger partial charge is 0.352 e. The van der Waals surface area contributed by atoms with Crippen molar-refractivity contribution in [2.75, 3.05) is 11.9 Å². The number of aromatic nitrogens is 2. The van der Waals surface area contributed by atoms with Crippen LogP contribution in [0.1, 0.15) is 17.7 Å². The molecule has 0 spiro atoms. The maximum atomic E-state index is 4.48. The fraction of sp³-hybridized carbons (Fsp3) is 0.312. The Morgan fingerprint density at radius 1 is 1.32 bits per heavy atom. The van der Waals surface area contributed by atoms with Gasteiger partial charge in [0.05, 0.1) is 5.69 Å². The van der Waals surface area contributed by atoms with Gasteiger partial charge < -0.3 is 9.88 Å². The molecule has 1 N–H and O–H groups in total. The van der Waals surface area contributed by atoms with E-state index in [0.717, 1.165) is 37.6 Å². The van der Waals surface area contributed by atoms with Crippen LogP contribution in [0.4, 0.5) is 5.95 Å². The lowest BCUT2D eigenvalue weighted by Gasteiger charge is -2.08. The molecule has 0 aliphatic carbocycles. The Labute approximate surface area is 115 Å². The molecule has 19 heavy (non-hydrogen) atoms. The number of rotatable bonds is 7. The van der Waals surface area contributed by atoms with Crippen molar-refractivity contribution < 1.29 is 0 Å². The van der Waals surface area contributed by atoms with Gasteiger partial charge in [-0.1, -0.05) is 36.4 Å². The summed E-state index contributed by atoms with van der Waals surface area (Å²) in [5.41, 5.74) is 2.44. The minimum Gasteiger partial charge on any atom is -0.352 e. The monoisotopic (exact) mass is 255 g/mol. The molecule has 0 amide bonds. The summed E-state index contributed by atoms with van der Waals surface area (Å²) in [5.74, 6) is 0.936. The van der Waals surface area contributed by atoms with E-state index >= 15 is 0 Å². The molecular weight excluding hydrogens is 234 g/mol. The van der Waals surface area contributed by atoms with E-state index in [-0.39, 0.29) is 0 Å². The molecule has 3 nitrogen and oxygen atoms in total. The predicted molar refractivity (Wildman–Crippen MR) is 80.4 cm³/mol. The van der Waals surface area contributed by atoms with E-state index in [0.29, 0.717) is 0 Å². The van der Waals surface area contributed by atoms with E-state index in [4.69, 9.17) is 0 Å². The number of aryl methyl sites for hydroxylation is 3. The van der Waals surface area contributed by atoms with Gasteiger partial charge in [-0.05, 0) is 25.3 Å². The third kappa shape index (κ3) is 3.98.